The molecule has 2 aromatic heterocycles. The molecule has 0 aliphatic heterocycles. The van der Waals surface area contributed by atoms with Gasteiger partial charge in [0.1, 0.15) is 6.33 Å². The van der Waals surface area contributed by atoms with Crippen molar-refractivity contribution in [3.63, 3.8) is 0 Å². The van der Waals surface area contributed by atoms with Crippen LogP contribution in [0.15, 0.2) is 49.1 Å². The fraction of sp³-hybridized carbons (Fsp3) is 0. The minimum absolute atomic E-state index is 0.137. The molecule has 1 aromatic carbocycles. The molecule has 1 amide bonds. The Balaban J connectivity index is 1.86. The van der Waals surface area contributed by atoms with Crippen molar-refractivity contribution < 1.29 is 9.72 Å². The molecule has 0 unspecified atom stereocenters. The smallest absolute Gasteiger partial charge is 0.333 e. The highest BCUT2D eigenvalue weighted by Crippen LogP contribution is 2.34. The van der Waals surface area contributed by atoms with E-state index in [1.165, 1.54) is 30.6 Å². The Morgan fingerprint density at radius 1 is 1.14 bits per heavy atom. The van der Waals surface area contributed by atoms with E-state index in [2.05, 4.69) is 31.1 Å². The van der Waals surface area contributed by atoms with Gasteiger partial charge in [-0.25, -0.2) is 9.97 Å². The second-order valence-electron chi connectivity index (χ2n) is 5.25. The van der Waals surface area contributed by atoms with E-state index in [0.717, 1.165) is 6.33 Å². The van der Waals surface area contributed by atoms with Gasteiger partial charge in [-0.2, -0.15) is 0 Å². The summed E-state index contributed by atoms with van der Waals surface area (Å²) >= 11 is 12.0. The largest absolute Gasteiger partial charge is 0.355 e. The van der Waals surface area contributed by atoms with Gasteiger partial charge in [-0.05, 0) is 30.3 Å². The summed E-state index contributed by atoms with van der Waals surface area (Å²) in [7, 11) is 0. The molecular formula is C16H11Cl2N7O3. The number of nitrogens with zero attached hydrogens (tertiary/aromatic N) is 4. The first-order chi connectivity index (χ1) is 13.5. The van der Waals surface area contributed by atoms with Crippen molar-refractivity contribution in [1.29, 1.82) is 0 Å². The highest BCUT2D eigenvalue weighted by atomic mass is 35.5. The number of nitro groups is 1. The number of hydrogen-bond donors (Lipinski definition) is 3. The molecule has 0 atom stereocenters. The second-order valence-corrected chi connectivity index (χ2v) is 6.09. The van der Waals surface area contributed by atoms with Crippen LogP contribution in [0, 0.1) is 10.1 Å². The van der Waals surface area contributed by atoms with E-state index < -0.39 is 16.5 Å². The lowest BCUT2D eigenvalue weighted by Crippen LogP contribution is -2.30. The van der Waals surface area contributed by atoms with E-state index in [1.807, 2.05) is 0 Å². The predicted molar refractivity (Wildman–Crippen MR) is 104 cm³/mol. The maximum atomic E-state index is 12.1. The highest BCUT2D eigenvalue weighted by molar-refractivity contribution is 6.35. The quantitative estimate of drug-likeness (QED) is 0.407. The van der Waals surface area contributed by atoms with Gasteiger partial charge in [0.05, 0.1) is 21.2 Å². The zero-order valence-corrected chi connectivity index (χ0v) is 15.4. The van der Waals surface area contributed by atoms with Crippen LogP contribution in [-0.2, 0) is 0 Å². The monoisotopic (exact) mass is 419 g/mol. The topological polar surface area (TPSA) is 135 Å². The van der Waals surface area contributed by atoms with Gasteiger partial charge in [-0.1, -0.05) is 23.2 Å². The summed E-state index contributed by atoms with van der Waals surface area (Å²) in [5, 5.41) is 15.0. The van der Waals surface area contributed by atoms with Crippen molar-refractivity contribution in [3.8, 4) is 0 Å². The summed E-state index contributed by atoms with van der Waals surface area (Å²) in [6.45, 7) is 0. The summed E-state index contributed by atoms with van der Waals surface area (Å²) < 4.78 is 0. The third kappa shape index (κ3) is 4.42. The van der Waals surface area contributed by atoms with Crippen LogP contribution in [0.1, 0.15) is 10.4 Å². The lowest BCUT2D eigenvalue weighted by atomic mass is 10.3. The third-order valence-corrected chi connectivity index (χ3v) is 3.97. The first kappa shape index (κ1) is 19.3. The van der Waals surface area contributed by atoms with Gasteiger partial charge in [0, 0.05) is 17.4 Å². The highest BCUT2D eigenvalue weighted by Gasteiger charge is 2.24. The van der Waals surface area contributed by atoms with Gasteiger partial charge in [0.2, 0.25) is 11.6 Å². The van der Waals surface area contributed by atoms with Crippen molar-refractivity contribution in [2.45, 2.75) is 0 Å². The molecule has 3 N–H and O–H groups in total. The number of carbonyl (C=O) groups is 1. The SMILES string of the molecule is O=C(NNc1ncnc(Nc2cc(Cl)ccc2Cl)c1[N+](=O)[O-])c1cccnc1. The van der Waals surface area contributed by atoms with E-state index in [-0.39, 0.29) is 22.2 Å². The molecule has 0 radical (unpaired) electrons. The fourth-order valence-corrected chi connectivity index (χ4v) is 2.48. The number of hydrazine groups is 1. The Morgan fingerprint density at radius 3 is 2.64 bits per heavy atom. The molecule has 3 aromatic rings. The van der Waals surface area contributed by atoms with E-state index in [9.17, 15) is 14.9 Å². The Labute approximate surface area is 168 Å². The molecule has 0 saturated heterocycles. The van der Waals surface area contributed by atoms with Crippen molar-refractivity contribution in [3.05, 3.63) is 74.8 Å². The zero-order chi connectivity index (χ0) is 20.1. The maximum Gasteiger partial charge on any atom is 0.355 e. The summed E-state index contributed by atoms with van der Waals surface area (Å²) in [6.07, 6.45) is 3.95. The fourth-order valence-electron chi connectivity index (χ4n) is 2.14. The Kier molecular flexibility index (Phi) is 5.82. The number of pyridine rings is 1. The number of hydrogen-bond acceptors (Lipinski definition) is 8. The number of rotatable bonds is 6. The van der Waals surface area contributed by atoms with Crippen LogP contribution < -0.4 is 16.2 Å². The number of halogens is 2. The number of aromatic nitrogens is 3. The van der Waals surface area contributed by atoms with Gasteiger partial charge in [-0.15, -0.1) is 0 Å². The number of carbonyl (C=O) groups excluding carboxylic acids is 1. The summed E-state index contributed by atoms with van der Waals surface area (Å²) in [5.41, 5.74) is 4.83. The summed E-state index contributed by atoms with van der Waals surface area (Å²) in [4.78, 5) is 34.5. The molecule has 2 heterocycles. The van der Waals surface area contributed by atoms with Crippen LogP contribution in [0.3, 0.4) is 0 Å². The summed E-state index contributed by atoms with van der Waals surface area (Å²) in [5.74, 6) is -0.909. The predicted octanol–water partition coefficient (Wildman–Crippen LogP) is 3.59. The van der Waals surface area contributed by atoms with Crippen molar-refractivity contribution >= 4 is 52.1 Å². The molecule has 142 valence electrons. The first-order valence-electron chi connectivity index (χ1n) is 7.63. The van der Waals surface area contributed by atoms with Crippen molar-refractivity contribution in [2.24, 2.45) is 0 Å². The molecule has 10 nitrogen and oxygen atoms in total. The Hall–Kier alpha value is -3.50. The van der Waals surface area contributed by atoms with Gasteiger partial charge in [0.25, 0.3) is 5.91 Å². The van der Waals surface area contributed by atoms with E-state index in [1.54, 1.807) is 12.1 Å². The standard InChI is InChI=1S/C16H11Cl2N7O3/c17-10-3-4-11(18)12(6-10)22-14-13(25(27)28)15(21-8-20-14)23-24-16(26)9-2-1-5-19-7-9/h1-8H,(H,24,26)(H2,20,21,22,23). The lowest BCUT2D eigenvalue weighted by molar-refractivity contribution is -0.383. The van der Waals surface area contributed by atoms with Gasteiger partial charge < -0.3 is 5.32 Å². The van der Waals surface area contributed by atoms with Crippen molar-refractivity contribution in [1.82, 2.24) is 20.4 Å². The number of benzene rings is 1. The van der Waals surface area contributed by atoms with E-state index in [4.69, 9.17) is 23.2 Å². The molecule has 12 heteroatoms. The maximum absolute atomic E-state index is 12.1. The van der Waals surface area contributed by atoms with Gasteiger partial charge >= 0.3 is 5.69 Å². The van der Waals surface area contributed by atoms with Crippen LogP contribution in [0.2, 0.25) is 10.0 Å². The lowest BCUT2D eigenvalue weighted by Gasteiger charge is -2.11. The van der Waals surface area contributed by atoms with E-state index >= 15 is 0 Å². The van der Waals surface area contributed by atoms with Crippen molar-refractivity contribution in [2.75, 3.05) is 10.7 Å². The normalized spacial score (nSPS) is 10.2. The molecule has 3 rings (SSSR count). The minimum Gasteiger partial charge on any atom is -0.333 e. The molecular weight excluding hydrogens is 409 g/mol. The number of anilines is 3. The molecule has 0 aliphatic carbocycles. The minimum atomic E-state index is -0.695. The third-order valence-electron chi connectivity index (χ3n) is 3.40. The van der Waals surface area contributed by atoms with E-state index in [0.29, 0.717) is 10.7 Å². The van der Waals surface area contributed by atoms with Crippen LogP contribution in [0.4, 0.5) is 23.0 Å². The molecule has 0 bridgehead atoms. The van der Waals surface area contributed by atoms with Gasteiger partial charge in [-0.3, -0.25) is 30.7 Å². The second kappa shape index (κ2) is 8.46. The Bertz CT molecular complexity index is 1030. The first-order valence-corrected chi connectivity index (χ1v) is 8.39. The Morgan fingerprint density at radius 2 is 1.93 bits per heavy atom. The van der Waals surface area contributed by atoms with Crippen LogP contribution in [-0.4, -0.2) is 25.8 Å². The van der Waals surface area contributed by atoms with Crippen LogP contribution in [0.25, 0.3) is 0 Å². The van der Waals surface area contributed by atoms with Crippen LogP contribution >= 0.6 is 23.2 Å². The van der Waals surface area contributed by atoms with Crippen LogP contribution in [0.5, 0.6) is 0 Å². The zero-order valence-electron chi connectivity index (χ0n) is 13.9. The molecule has 0 spiro atoms. The average Bonchev–Trinajstić information content (AvgIpc) is 2.69. The number of nitrogens with one attached hydrogen (secondary N) is 3. The molecule has 0 fully saturated rings. The number of amides is 1. The summed E-state index contributed by atoms with van der Waals surface area (Å²) in [6, 6.07) is 7.72. The molecule has 0 saturated carbocycles. The van der Waals surface area contributed by atoms with Gasteiger partial charge in [0.15, 0.2) is 0 Å². The average molecular weight is 420 g/mol. The molecule has 28 heavy (non-hydrogen) atoms. The molecule has 0 aliphatic rings.